The van der Waals surface area contributed by atoms with Gasteiger partial charge < -0.3 is 10.1 Å². The highest BCUT2D eigenvalue weighted by molar-refractivity contribution is 9.10. The van der Waals surface area contributed by atoms with Crippen LogP contribution in [0.1, 0.15) is 25.6 Å². The molecule has 1 heterocycles. The van der Waals surface area contributed by atoms with Crippen LogP contribution in [0.25, 0.3) is 0 Å². The molecule has 1 atom stereocenters. The fourth-order valence-corrected chi connectivity index (χ4v) is 2.52. The number of rotatable bonds is 5. The zero-order chi connectivity index (χ0) is 14.5. The van der Waals surface area contributed by atoms with Crippen molar-refractivity contribution in [1.82, 2.24) is 10.3 Å². The number of pyridine rings is 1. The van der Waals surface area contributed by atoms with Crippen molar-refractivity contribution in [3.8, 4) is 11.5 Å². The van der Waals surface area contributed by atoms with Gasteiger partial charge in [-0.05, 0) is 43.8 Å². The molecule has 2 aromatic rings. The average Bonchev–Trinajstić information content (AvgIpc) is 2.43. The smallest absolute Gasteiger partial charge is 0.146 e. The molecule has 2 rings (SSSR count). The van der Waals surface area contributed by atoms with Gasteiger partial charge in [-0.15, -0.1) is 0 Å². The molecular weight excluding hydrogens is 340 g/mol. The van der Waals surface area contributed by atoms with Gasteiger partial charge in [0.15, 0.2) is 0 Å². The number of nitrogens with one attached hydrogen (secondary N) is 1. The average molecular weight is 356 g/mol. The summed E-state index contributed by atoms with van der Waals surface area (Å²) in [5.74, 6) is 1.28. The molecule has 1 unspecified atom stereocenters. The number of benzene rings is 1. The molecule has 0 saturated carbocycles. The van der Waals surface area contributed by atoms with E-state index in [-0.39, 0.29) is 6.04 Å². The fraction of sp³-hybridized carbons (Fsp3) is 0.267. The van der Waals surface area contributed by atoms with E-state index in [1.165, 1.54) is 0 Å². The lowest BCUT2D eigenvalue weighted by Gasteiger charge is -2.12. The van der Waals surface area contributed by atoms with Gasteiger partial charge in [-0.2, -0.15) is 0 Å². The van der Waals surface area contributed by atoms with Crippen LogP contribution in [0.5, 0.6) is 11.5 Å². The van der Waals surface area contributed by atoms with Gasteiger partial charge in [-0.3, -0.25) is 4.98 Å². The number of nitrogens with zero attached hydrogens (tertiary/aromatic N) is 1. The number of halogens is 2. The molecule has 0 aliphatic heterocycles. The minimum atomic E-state index is 0.227. The maximum Gasteiger partial charge on any atom is 0.146 e. The Labute approximate surface area is 132 Å². The van der Waals surface area contributed by atoms with Gasteiger partial charge in [0.1, 0.15) is 11.5 Å². The second-order valence-electron chi connectivity index (χ2n) is 4.37. The summed E-state index contributed by atoms with van der Waals surface area (Å²) in [5.41, 5.74) is 0.987. The van der Waals surface area contributed by atoms with Crippen LogP contribution in [0.4, 0.5) is 0 Å². The van der Waals surface area contributed by atoms with Crippen molar-refractivity contribution in [2.24, 2.45) is 0 Å². The maximum absolute atomic E-state index is 6.12. The van der Waals surface area contributed by atoms with Crippen molar-refractivity contribution >= 4 is 27.5 Å². The minimum Gasteiger partial charge on any atom is -0.454 e. The molecule has 0 aliphatic carbocycles. The number of aromatic nitrogens is 1. The van der Waals surface area contributed by atoms with E-state index in [2.05, 4.69) is 40.1 Å². The Kier molecular flexibility index (Phi) is 5.40. The van der Waals surface area contributed by atoms with Crippen LogP contribution in [0.15, 0.2) is 41.0 Å². The molecule has 1 aromatic heterocycles. The van der Waals surface area contributed by atoms with E-state index in [9.17, 15) is 0 Å². The van der Waals surface area contributed by atoms with Crippen molar-refractivity contribution < 1.29 is 4.74 Å². The second kappa shape index (κ2) is 7.07. The molecule has 20 heavy (non-hydrogen) atoms. The molecule has 0 spiro atoms. The number of hydrogen-bond acceptors (Lipinski definition) is 3. The van der Waals surface area contributed by atoms with Gasteiger partial charge in [-0.1, -0.05) is 34.5 Å². The van der Waals surface area contributed by atoms with Gasteiger partial charge in [0.2, 0.25) is 0 Å². The van der Waals surface area contributed by atoms with E-state index < -0.39 is 0 Å². The zero-order valence-electron chi connectivity index (χ0n) is 11.4. The highest BCUT2D eigenvalue weighted by Crippen LogP contribution is 2.31. The van der Waals surface area contributed by atoms with Gasteiger partial charge >= 0.3 is 0 Å². The van der Waals surface area contributed by atoms with E-state index in [0.717, 1.165) is 16.7 Å². The van der Waals surface area contributed by atoms with Crippen LogP contribution in [-0.4, -0.2) is 11.5 Å². The third-order valence-corrected chi connectivity index (χ3v) is 3.62. The number of ether oxygens (including phenoxy) is 1. The van der Waals surface area contributed by atoms with Crippen molar-refractivity contribution in [2.45, 2.75) is 19.9 Å². The first-order chi connectivity index (χ1) is 9.60. The third-order valence-electron chi connectivity index (χ3n) is 2.83. The van der Waals surface area contributed by atoms with Crippen LogP contribution in [0.3, 0.4) is 0 Å². The quantitative estimate of drug-likeness (QED) is 0.823. The van der Waals surface area contributed by atoms with Crippen molar-refractivity contribution in [3.05, 3.63) is 51.7 Å². The van der Waals surface area contributed by atoms with Crippen molar-refractivity contribution in [3.63, 3.8) is 0 Å². The van der Waals surface area contributed by atoms with E-state index in [1.807, 2.05) is 24.3 Å². The van der Waals surface area contributed by atoms with Crippen molar-refractivity contribution in [1.29, 1.82) is 0 Å². The fourth-order valence-electron chi connectivity index (χ4n) is 1.80. The van der Waals surface area contributed by atoms with Crippen LogP contribution < -0.4 is 10.1 Å². The normalized spacial score (nSPS) is 12.2. The SMILES string of the molecule is CCNC(C)c1ccc(Oc2ccc(Br)cc2Cl)cn1. The first kappa shape index (κ1) is 15.3. The molecule has 0 fully saturated rings. The molecule has 0 aliphatic rings. The molecule has 5 heteroatoms. The molecule has 0 saturated heterocycles. The van der Waals surface area contributed by atoms with Crippen molar-refractivity contribution in [2.75, 3.05) is 6.54 Å². The summed E-state index contributed by atoms with van der Waals surface area (Å²) >= 11 is 9.48. The molecule has 106 valence electrons. The Balaban J connectivity index is 2.10. The molecule has 1 N–H and O–H groups in total. The second-order valence-corrected chi connectivity index (χ2v) is 5.70. The van der Waals surface area contributed by atoms with Gasteiger partial charge in [0.05, 0.1) is 16.9 Å². The first-order valence-corrected chi connectivity index (χ1v) is 7.59. The summed E-state index contributed by atoms with van der Waals surface area (Å²) in [6.45, 7) is 5.07. The van der Waals surface area contributed by atoms with E-state index in [1.54, 1.807) is 12.3 Å². The summed E-state index contributed by atoms with van der Waals surface area (Å²) in [7, 11) is 0. The standard InChI is InChI=1S/C15H16BrClN2O/c1-3-18-10(2)14-6-5-12(9-19-14)20-15-7-4-11(16)8-13(15)17/h4-10,18H,3H2,1-2H3. The van der Waals surface area contributed by atoms with Crippen LogP contribution in [0, 0.1) is 0 Å². The third kappa shape index (κ3) is 3.95. The molecule has 3 nitrogen and oxygen atoms in total. The Hall–Kier alpha value is -1.10. The zero-order valence-corrected chi connectivity index (χ0v) is 13.7. The lowest BCUT2D eigenvalue weighted by molar-refractivity contribution is 0.478. The Morgan fingerprint density at radius 2 is 2.15 bits per heavy atom. The topological polar surface area (TPSA) is 34.1 Å². The molecule has 0 bridgehead atoms. The predicted octanol–water partition coefficient (Wildman–Crippen LogP) is 4.96. The highest BCUT2D eigenvalue weighted by Gasteiger charge is 2.07. The van der Waals surface area contributed by atoms with E-state index >= 15 is 0 Å². The summed E-state index contributed by atoms with van der Waals surface area (Å²) < 4.78 is 6.64. The minimum absolute atomic E-state index is 0.227. The monoisotopic (exact) mass is 354 g/mol. The van der Waals surface area contributed by atoms with Gasteiger partial charge in [0.25, 0.3) is 0 Å². The molecular formula is C15H16BrClN2O. The van der Waals surface area contributed by atoms with Gasteiger partial charge in [0, 0.05) is 10.5 Å². The molecule has 0 radical (unpaired) electrons. The highest BCUT2D eigenvalue weighted by atomic mass is 79.9. The van der Waals surface area contributed by atoms with E-state index in [4.69, 9.17) is 16.3 Å². The number of hydrogen-bond donors (Lipinski definition) is 1. The Morgan fingerprint density at radius 3 is 2.75 bits per heavy atom. The lowest BCUT2D eigenvalue weighted by atomic mass is 10.2. The summed E-state index contributed by atoms with van der Waals surface area (Å²) in [6, 6.07) is 9.58. The maximum atomic E-state index is 6.12. The Bertz CT molecular complexity index is 575. The van der Waals surface area contributed by atoms with Crippen LogP contribution in [0.2, 0.25) is 5.02 Å². The Morgan fingerprint density at radius 1 is 1.35 bits per heavy atom. The largest absolute Gasteiger partial charge is 0.454 e. The predicted molar refractivity (Wildman–Crippen MR) is 85.6 cm³/mol. The summed E-state index contributed by atoms with van der Waals surface area (Å²) in [4.78, 5) is 4.40. The molecule has 1 aromatic carbocycles. The summed E-state index contributed by atoms with van der Waals surface area (Å²) in [5, 5.41) is 3.88. The summed E-state index contributed by atoms with van der Waals surface area (Å²) in [6.07, 6.45) is 1.71. The van der Waals surface area contributed by atoms with Gasteiger partial charge in [-0.25, -0.2) is 0 Å². The van der Waals surface area contributed by atoms with E-state index in [0.29, 0.717) is 16.5 Å². The lowest BCUT2D eigenvalue weighted by Crippen LogP contribution is -2.18. The molecule has 0 amide bonds. The van der Waals surface area contributed by atoms with Crippen LogP contribution in [-0.2, 0) is 0 Å². The first-order valence-electron chi connectivity index (χ1n) is 6.42. The van der Waals surface area contributed by atoms with Crippen LogP contribution >= 0.6 is 27.5 Å².